The highest BCUT2D eigenvalue weighted by molar-refractivity contribution is 7.89. The van der Waals surface area contributed by atoms with Crippen molar-refractivity contribution in [3.8, 4) is 0 Å². The Morgan fingerprint density at radius 3 is 2.65 bits per heavy atom. The molecule has 8 nitrogen and oxygen atoms in total. The topological polar surface area (TPSA) is 102 Å². The average Bonchev–Trinajstić information content (AvgIpc) is 2.80. The number of hydrogen-bond donors (Lipinski definition) is 1. The molecule has 9 heteroatoms. The third kappa shape index (κ3) is 3.45. The van der Waals surface area contributed by atoms with E-state index in [1.807, 2.05) is 6.92 Å². The number of carbonyl (C=O) groups is 1. The first-order valence-corrected chi connectivity index (χ1v) is 8.54. The third-order valence-electron chi connectivity index (χ3n) is 3.29. The molecule has 0 radical (unpaired) electrons. The summed E-state index contributed by atoms with van der Waals surface area (Å²) in [4.78, 5) is 23.7. The molecule has 0 saturated heterocycles. The Balaban J connectivity index is 2.41. The first-order chi connectivity index (χ1) is 10.8. The number of carbonyl (C=O) groups excluding carboxylic acids is 1. The number of aromatic nitrogens is 1. The molecule has 126 valence electrons. The van der Waals surface area contributed by atoms with Crippen molar-refractivity contribution in [2.45, 2.75) is 24.8 Å². The van der Waals surface area contributed by atoms with Gasteiger partial charge in [-0.2, -0.15) is 0 Å². The number of nitrogens with one attached hydrogen (secondary N) is 1. The monoisotopic (exact) mass is 341 g/mol. The van der Waals surface area contributed by atoms with E-state index >= 15 is 0 Å². The van der Waals surface area contributed by atoms with E-state index in [1.165, 1.54) is 36.9 Å². The Morgan fingerprint density at radius 2 is 2.04 bits per heavy atom. The summed E-state index contributed by atoms with van der Waals surface area (Å²) >= 11 is 0. The van der Waals surface area contributed by atoms with Gasteiger partial charge in [0.1, 0.15) is 6.54 Å². The van der Waals surface area contributed by atoms with Crippen molar-refractivity contribution < 1.29 is 17.6 Å². The highest BCUT2D eigenvalue weighted by Crippen LogP contribution is 2.20. The van der Waals surface area contributed by atoms with Gasteiger partial charge >= 0.3 is 5.76 Å². The molecule has 0 unspecified atom stereocenters. The standard InChI is InChI=1S/C14H19N3O5S/c1-4-7-15-13(18)9-17-11-6-5-10(23(20,21)16(2)3)8-12(11)22-14(17)19/h5-6,8H,4,7,9H2,1-3H3,(H,15,18). The maximum absolute atomic E-state index is 12.1. The summed E-state index contributed by atoms with van der Waals surface area (Å²) in [5.74, 6) is -1.01. The van der Waals surface area contributed by atoms with Gasteiger partial charge in [-0.3, -0.25) is 9.36 Å². The minimum Gasteiger partial charge on any atom is -0.408 e. The Bertz CT molecular complexity index is 879. The van der Waals surface area contributed by atoms with E-state index in [9.17, 15) is 18.0 Å². The molecule has 0 aliphatic heterocycles. The van der Waals surface area contributed by atoms with Gasteiger partial charge in [0.15, 0.2) is 5.58 Å². The van der Waals surface area contributed by atoms with E-state index in [0.717, 1.165) is 10.7 Å². The van der Waals surface area contributed by atoms with Gasteiger partial charge in [0.2, 0.25) is 15.9 Å². The molecule has 1 N–H and O–H groups in total. The Morgan fingerprint density at radius 1 is 1.35 bits per heavy atom. The molecule has 0 spiro atoms. The van der Waals surface area contributed by atoms with Crippen LogP contribution in [0.4, 0.5) is 0 Å². The lowest BCUT2D eigenvalue weighted by Crippen LogP contribution is -2.31. The zero-order valence-electron chi connectivity index (χ0n) is 13.2. The number of benzene rings is 1. The van der Waals surface area contributed by atoms with Crippen molar-refractivity contribution >= 4 is 27.0 Å². The third-order valence-corrected chi connectivity index (χ3v) is 5.10. The van der Waals surface area contributed by atoms with Crippen LogP contribution in [-0.4, -0.2) is 43.8 Å². The lowest BCUT2D eigenvalue weighted by atomic mass is 10.3. The minimum absolute atomic E-state index is 0.0198. The van der Waals surface area contributed by atoms with Crippen LogP contribution in [0.1, 0.15) is 13.3 Å². The van der Waals surface area contributed by atoms with Gasteiger partial charge in [0, 0.05) is 26.7 Å². The predicted molar refractivity (Wildman–Crippen MR) is 84.6 cm³/mol. The molecule has 1 aromatic carbocycles. The molecule has 1 aromatic heterocycles. The van der Waals surface area contributed by atoms with E-state index in [-0.39, 0.29) is 22.9 Å². The second-order valence-corrected chi connectivity index (χ2v) is 7.37. The molecule has 0 atom stereocenters. The number of sulfonamides is 1. The van der Waals surface area contributed by atoms with Gasteiger partial charge in [0.25, 0.3) is 0 Å². The normalized spacial score (nSPS) is 12.0. The van der Waals surface area contributed by atoms with Crippen molar-refractivity contribution in [1.29, 1.82) is 0 Å². The summed E-state index contributed by atoms with van der Waals surface area (Å²) in [7, 11) is -0.793. The van der Waals surface area contributed by atoms with Gasteiger partial charge in [-0.15, -0.1) is 0 Å². The van der Waals surface area contributed by atoms with E-state index in [2.05, 4.69) is 5.32 Å². The van der Waals surface area contributed by atoms with Crippen LogP contribution in [0.3, 0.4) is 0 Å². The lowest BCUT2D eigenvalue weighted by molar-refractivity contribution is -0.121. The maximum atomic E-state index is 12.1. The van der Waals surface area contributed by atoms with E-state index in [1.54, 1.807) is 0 Å². The van der Waals surface area contributed by atoms with Crippen molar-refractivity contribution in [2.24, 2.45) is 0 Å². The Hall–Kier alpha value is -2.13. The minimum atomic E-state index is -3.62. The second-order valence-electron chi connectivity index (χ2n) is 5.22. The summed E-state index contributed by atoms with van der Waals surface area (Å²) in [6, 6.07) is 4.13. The Kier molecular flexibility index (Phi) is 4.90. The number of rotatable bonds is 6. The van der Waals surface area contributed by atoms with Crippen molar-refractivity contribution in [2.75, 3.05) is 20.6 Å². The van der Waals surface area contributed by atoms with Crippen LogP contribution < -0.4 is 11.1 Å². The molecule has 0 saturated carbocycles. The average molecular weight is 341 g/mol. The molecule has 1 amide bonds. The number of amides is 1. The summed E-state index contributed by atoms with van der Waals surface area (Å²) in [5.41, 5.74) is 0.501. The molecular formula is C14H19N3O5S. The van der Waals surface area contributed by atoms with Crippen LogP contribution in [0, 0.1) is 0 Å². The van der Waals surface area contributed by atoms with Crippen LogP contribution in [0.15, 0.2) is 32.3 Å². The van der Waals surface area contributed by atoms with Gasteiger partial charge in [-0.05, 0) is 18.6 Å². The highest BCUT2D eigenvalue weighted by atomic mass is 32.2. The smallest absolute Gasteiger partial charge is 0.408 e. The number of oxazole rings is 1. The number of nitrogens with zero attached hydrogens (tertiary/aromatic N) is 2. The first-order valence-electron chi connectivity index (χ1n) is 7.10. The largest absolute Gasteiger partial charge is 0.420 e. The van der Waals surface area contributed by atoms with Crippen LogP contribution in [0.5, 0.6) is 0 Å². The summed E-state index contributed by atoms with van der Waals surface area (Å²) in [6.07, 6.45) is 0.790. The fourth-order valence-corrected chi connectivity index (χ4v) is 2.95. The van der Waals surface area contributed by atoms with Crippen molar-refractivity contribution in [1.82, 2.24) is 14.2 Å². The fraction of sp³-hybridized carbons (Fsp3) is 0.429. The molecule has 2 rings (SSSR count). The van der Waals surface area contributed by atoms with E-state index < -0.39 is 15.8 Å². The molecule has 0 bridgehead atoms. The summed E-state index contributed by atoms with van der Waals surface area (Å²) in [6.45, 7) is 2.27. The lowest BCUT2D eigenvalue weighted by Gasteiger charge is -2.10. The molecule has 23 heavy (non-hydrogen) atoms. The fourth-order valence-electron chi connectivity index (χ4n) is 2.03. The molecule has 2 aromatic rings. The zero-order valence-corrected chi connectivity index (χ0v) is 14.0. The SMILES string of the molecule is CCCNC(=O)Cn1c(=O)oc2cc(S(=O)(=O)N(C)C)ccc21. The first kappa shape index (κ1) is 17.2. The number of fused-ring (bicyclic) bond motifs is 1. The quantitative estimate of drug-likeness (QED) is 0.818. The summed E-state index contributed by atoms with van der Waals surface area (Å²) in [5, 5.41) is 2.67. The second kappa shape index (κ2) is 6.55. The van der Waals surface area contributed by atoms with Crippen LogP contribution in [0.2, 0.25) is 0 Å². The zero-order chi connectivity index (χ0) is 17.2. The molecular weight excluding hydrogens is 322 g/mol. The van der Waals surface area contributed by atoms with Crippen molar-refractivity contribution in [3.63, 3.8) is 0 Å². The van der Waals surface area contributed by atoms with Gasteiger partial charge in [-0.1, -0.05) is 6.92 Å². The molecule has 0 fully saturated rings. The van der Waals surface area contributed by atoms with Crippen LogP contribution in [0.25, 0.3) is 11.1 Å². The molecule has 1 heterocycles. The van der Waals surface area contributed by atoms with Gasteiger partial charge in [-0.25, -0.2) is 17.5 Å². The Labute approximate surface area is 133 Å². The van der Waals surface area contributed by atoms with Crippen LogP contribution in [-0.2, 0) is 21.4 Å². The summed E-state index contributed by atoms with van der Waals surface area (Å²) < 4.78 is 31.5. The highest BCUT2D eigenvalue weighted by Gasteiger charge is 2.20. The van der Waals surface area contributed by atoms with Crippen molar-refractivity contribution in [3.05, 3.63) is 28.7 Å². The maximum Gasteiger partial charge on any atom is 0.420 e. The van der Waals surface area contributed by atoms with Gasteiger partial charge in [0.05, 0.1) is 10.4 Å². The molecule has 0 aliphatic rings. The van der Waals surface area contributed by atoms with Crippen LogP contribution >= 0.6 is 0 Å². The molecule has 0 aliphatic carbocycles. The predicted octanol–water partition coefficient (Wildman–Crippen LogP) is 0.371. The van der Waals surface area contributed by atoms with Gasteiger partial charge < -0.3 is 9.73 Å². The number of hydrogen-bond acceptors (Lipinski definition) is 5. The van der Waals surface area contributed by atoms with E-state index in [0.29, 0.717) is 12.1 Å². The van der Waals surface area contributed by atoms with E-state index in [4.69, 9.17) is 4.42 Å².